The second-order valence-electron chi connectivity index (χ2n) is 7.20. The highest BCUT2D eigenvalue weighted by Gasteiger charge is 2.35. The van der Waals surface area contributed by atoms with Crippen LogP contribution in [-0.4, -0.2) is 35.0 Å². The molecule has 0 aliphatic rings. The maximum atomic E-state index is 13.8. The van der Waals surface area contributed by atoms with Crippen LogP contribution in [0.15, 0.2) is 60.7 Å². The Morgan fingerprint density at radius 3 is 2.52 bits per heavy atom. The second kappa shape index (κ2) is 8.85. The number of aromatic nitrogens is 1. The molecule has 5 nitrogen and oxygen atoms in total. The number of hydrogen-bond donors (Lipinski definition) is 1. The number of aryl methyl sites for hydroxylation is 1. The topological polar surface area (TPSA) is 60.7 Å². The van der Waals surface area contributed by atoms with Gasteiger partial charge in [0.05, 0.1) is 5.56 Å². The minimum atomic E-state index is -4.61. The quantitative estimate of drug-likeness (QED) is 0.433. The van der Waals surface area contributed by atoms with Gasteiger partial charge in [-0.1, -0.05) is 24.8 Å². The van der Waals surface area contributed by atoms with Crippen molar-refractivity contribution in [2.45, 2.75) is 19.2 Å². The van der Waals surface area contributed by atoms with Gasteiger partial charge in [0.25, 0.3) is 0 Å². The van der Waals surface area contributed by atoms with E-state index in [4.69, 9.17) is 9.47 Å². The van der Waals surface area contributed by atoms with E-state index in [-0.39, 0.29) is 30.1 Å². The molecule has 0 aliphatic carbocycles. The normalized spacial score (nSPS) is 12.6. The van der Waals surface area contributed by atoms with E-state index < -0.39 is 23.8 Å². The van der Waals surface area contributed by atoms with Crippen LogP contribution in [-0.2, 0) is 22.8 Å². The number of benzene rings is 2. The molecule has 2 aromatic carbocycles. The van der Waals surface area contributed by atoms with Crippen LogP contribution in [0.25, 0.3) is 22.2 Å². The largest absolute Gasteiger partial charge is 0.491 e. The van der Waals surface area contributed by atoms with Gasteiger partial charge in [-0.3, -0.25) is 0 Å². The minimum Gasteiger partial charge on any atom is -0.491 e. The van der Waals surface area contributed by atoms with Gasteiger partial charge in [0.1, 0.15) is 25.1 Å². The Bertz CT molecular complexity index is 1120. The van der Waals surface area contributed by atoms with Crippen molar-refractivity contribution < 1.29 is 32.5 Å². The zero-order chi connectivity index (χ0) is 22.8. The van der Waals surface area contributed by atoms with Crippen LogP contribution in [0.1, 0.15) is 12.5 Å². The number of carbonyl (C=O) groups is 1. The molecule has 0 saturated carbocycles. The molecule has 1 heterocycles. The number of hydrogen-bond acceptors (Lipinski definition) is 4. The Morgan fingerprint density at radius 2 is 1.87 bits per heavy atom. The molecule has 0 radical (unpaired) electrons. The van der Waals surface area contributed by atoms with E-state index in [1.165, 1.54) is 19.1 Å². The minimum absolute atomic E-state index is 0.0227. The number of carbonyl (C=O) groups excluding carboxylic acids is 1. The van der Waals surface area contributed by atoms with E-state index in [0.717, 1.165) is 17.0 Å². The Kier molecular flexibility index (Phi) is 6.40. The number of nitrogens with zero attached hydrogens (tertiary/aromatic N) is 1. The molecule has 31 heavy (non-hydrogen) atoms. The molecular weight excluding hydrogens is 411 g/mol. The molecule has 0 bridgehead atoms. The van der Waals surface area contributed by atoms with Crippen LogP contribution < -0.4 is 4.74 Å². The number of aliphatic hydroxyl groups excluding tert-OH is 1. The van der Waals surface area contributed by atoms with Crippen LogP contribution >= 0.6 is 0 Å². The number of para-hydroxylation sites is 1. The van der Waals surface area contributed by atoms with Gasteiger partial charge in [0, 0.05) is 34.8 Å². The highest BCUT2D eigenvalue weighted by molar-refractivity contribution is 5.88. The fraction of sp³-hybridized carbons (Fsp3) is 0.261. The summed E-state index contributed by atoms with van der Waals surface area (Å²) < 4.78 is 53.2. The third-order valence-corrected chi connectivity index (χ3v) is 4.72. The molecule has 0 saturated heterocycles. The monoisotopic (exact) mass is 433 g/mol. The van der Waals surface area contributed by atoms with E-state index in [2.05, 4.69) is 6.58 Å². The van der Waals surface area contributed by atoms with Crippen molar-refractivity contribution in [1.29, 1.82) is 0 Å². The third kappa shape index (κ3) is 5.08. The molecule has 1 atom stereocenters. The van der Waals surface area contributed by atoms with Crippen molar-refractivity contribution in [3.05, 3.63) is 66.2 Å². The molecule has 0 aliphatic heterocycles. The van der Waals surface area contributed by atoms with Gasteiger partial charge in [0.2, 0.25) is 0 Å². The number of halogens is 3. The van der Waals surface area contributed by atoms with Crippen LogP contribution in [0, 0.1) is 0 Å². The van der Waals surface area contributed by atoms with Gasteiger partial charge < -0.3 is 19.1 Å². The van der Waals surface area contributed by atoms with Crippen LogP contribution in [0.5, 0.6) is 5.75 Å². The van der Waals surface area contributed by atoms with E-state index in [9.17, 15) is 23.1 Å². The zero-order valence-corrected chi connectivity index (χ0v) is 17.1. The Balaban J connectivity index is 1.83. The molecule has 1 unspecified atom stereocenters. The summed E-state index contributed by atoms with van der Waals surface area (Å²) in [7, 11) is 1.71. The maximum absolute atomic E-state index is 13.8. The lowest BCUT2D eigenvalue weighted by atomic mass is 10.0. The summed E-state index contributed by atoms with van der Waals surface area (Å²) in [4.78, 5) is 11.3. The summed E-state index contributed by atoms with van der Waals surface area (Å²) in [5.74, 6) is -0.724. The van der Waals surface area contributed by atoms with E-state index >= 15 is 0 Å². The molecule has 0 amide bonds. The lowest BCUT2D eigenvalue weighted by Gasteiger charge is -2.17. The molecule has 1 aromatic heterocycles. The first-order chi connectivity index (χ1) is 14.6. The van der Waals surface area contributed by atoms with Crippen molar-refractivity contribution in [3.8, 4) is 17.0 Å². The lowest BCUT2D eigenvalue weighted by Crippen LogP contribution is -2.25. The smallest absolute Gasteiger partial charge is 0.417 e. The highest BCUT2D eigenvalue weighted by atomic mass is 19.4. The number of alkyl halides is 3. The average molecular weight is 433 g/mol. The summed E-state index contributed by atoms with van der Waals surface area (Å²) >= 11 is 0. The number of ether oxygens (including phenoxy) is 2. The molecule has 164 valence electrons. The van der Waals surface area contributed by atoms with Crippen molar-refractivity contribution in [2.24, 2.45) is 7.05 Å². The van der Waals surface area contributed by atoms with Crippen molar-refractivity contribution >= 4 is 16.9 Å². The van der Waals surface area contributed by atoms with E-state index in [1.807, 2.05) is 24.3 Å². The molecular formula is C23H22F3NO4. The predicted octanol–water partition coefficient (Wildman–Crippen LogP) is 4.72. The highest BCUT2D eigenvalue weighted by Crippen LogP contribution is 2.40. The zero-order valence-electron chi connectivity index (χ0n) is 17.1. The van der Waals surface area contributed by atoms with Crippen LogP contribution in [0.3, 0.4) is 0 Å². The Hall–Kier alpha value is -3.26. The van der Waals surface area contributed by atoms with Gasteiger partial charge in [-0.25, -0.2) is 4.79 Å². The van der Waals surface area contributed by atoms with Gasteiger partial charge >= 0.3 is 12.1 Å². The van der Waals surface area contributed by atoms with Gasteiger partial charge in [0.15, 0.2) is 0 Å². The van der Waals surface area contributed by atoms with E-state index in [0.29, 0.717) is 5.69 Å². The first kappa shape index (κ1) is 22.4. The first-order valence-corrected chi connectivity index (χ1v) is 9.47. The van der Waals surface area contributed by atoms with Crippen LogP contribution in [0.2, 0.25) is 0 Å². The molecule has 8 heteroatoms. The summed E-state index contributed by atoms with van der Waals surface area (Å²) in [6.07, 6.45) is -5.81. The summed E-state index contributed by atoms with van der Waals surface area (Å²) in [6, 6.07) is 12.7. The van der Waals surface area contributed by atoms with Gasteiger partial charge in [-0.05, 0) is 37.3 Å². The number of aliphatic hydroxyl groups is 1. The summed E-state index contributed by atoms with van der Waals surface area (Å²) in [5.41, 5.74) is 0.589. The fourth-order valence-electron chi connectivity index (χ4n) is 3.15. The van der Waals surface area contributed by atoms with Gasteiger partial charge in [-0.2, -0.15) is 13.2 Å². The summed E-state index contributed by atoms with van der Waals surface area (Å²) in [6.45, 7) is 4.18. The van der Waals surface area contributed by atoms with Crippen molar-refractivity contribution in [1.82, 2.24) is 4.57 Å². The maximum Gasteiger partial charge on any atom is 0.417 e. The SMILES string of the molecule is C=C(C)C(=O)OCC(O)COc1ccc(-c2cc3ccccc3n2C)c(C(F)(F)F)c1. The third-order valence-electron chi connectivity index (χ3n) is 4.72. The fourth-order valence-corrected chi connectivity index (χ4v) is 3.15. The average Bonchev–Trinajstić information content (AvgIpc) is 3.06. The second-order valence-corrected chi connectivity index (χ2v) is 7.20. The Labute approximate surface area is 177 Å². The number of rotatable bonds is 7. The standard InChI is InChI=1S/C23H22F3NO4/c1-14(2)22(29)31-13-16(28)12-30-17-8-9-18(19(11-17)23(24,25)26)21-10-15-6-4-5-7-20(15)27(21)3/h4-11,16,28H,1,12-13H2,2-3H3. The number of fused-ring (bicyclic) bond motifs is 1. The molecule has 3 rings (SSSR count). The predicted molar refractivity (Wildman–Crippen MR) is 111 cm³/mol. The van der Waals surface area contributed by atoms with Gasteiger partial charge in [-0.15, -0.1) is 0 Å². The van der Waals surface area contributed by atoms with Crippen LogP contribution in [0.4, 0.5) is 13.2 Å². The van der Waals surface area contributed by atoms with Crippen molar-refractivity contribution in [3.63, 3.8) is 0 Å². The molecule has 3 aromatic rings. The molecule has 0 fully saturated rings. The molecule has 1 N–H and O–H groups in total. The summed E-state index contributed by atoms with van der Waals surface area (Å²) in [5, 5.41) is 10.7. The Morgan fingerprint density at radius 1 is 1.16 bits per heavy atom. The number of esters is 1. The first-order valence-electron chi connectivity index (χ1n) is 9.47. The lowest BCUT2D eigenvalue weighted by molar-refractivity contribution is -0.142. The molecule has 0 spiro atoms. The van der Waals surface area contributed by atoms with E-state index in [1.54, 1.807) is 17.7 Å². The van der Waals surface area contributed by atoms with Crippen molar-refractivity contribution in [2.75, 3.05) is 13.2 Å².